The Kier molecular flexibility index (Phi) is 4.39. The highest BCUT2D eigenvalue weighted by atomic mass is 32.2. The van der Waals surface area contributed by atoms with Crippen molar-refractivity contribution in [3.63, 3.8) is 0 Å². The molecular formula is C14H17NO2S2. The first-order valence-electron chi connectivity index (χ1n) is 6.09. The van der Waals surface area contributed by atoms with Crippen molar-refractivity contribution in [1.29, 1.82) is 0 Å². The normalized spacial score (nSPS) is 13.4. The van der Waals surface area contributed by atoms with Crippen LogP contribution in [0.3, 0.4) is 0 Å². The van der Waals surface area contributed by atoms with Crippen LogP contribution in [0.15, 0.2) is 46.7 Å². The van der Waals surface area contributed by atoms with Gasteiger partial charge in [-0.05, 0) is 35.7 Å². The molecule has 0 aliphatic heterocycles. The van der Waals surface area contributed by atoms with E-state index in [2.05, 4.69) is 11.4 Å². The summed E-state index contributed by atoms with van der Waals surface area (Å²) >= 11 is 1.67. The summed E-state index contributed by atoms with van der Waals surface area (Å²) in [6.07, 6.45) is 1.24. The van der Waals surface area contributed by atoms with Gasteiger partial charge in [-0.15, -0.1) is 11.3 Å². The first kappa shape index (κ1) is 14.2. The molecule has 0 bridgehead atoms. The number of nitrogens with one attached hydrogen (secondary N) is 1. The van der Waals surface area contributed by atoms with E-state index in [0.29, 0.717) is 4.90 Å². The maximum absolute atomic E-state index is 11.6. The number of hydrogen-bond donors (Lipinski definition) is 1. The van der Waals surface area contributed by atoms with E-state index in [4.69, 9.17) is 0 Å². The van der Waals surface area contributed by atoms with E-state index in [1.165, 1.54) is 11.1 Å². The maximum Gasteiger partial charge on any atom is 0.175 e. The maximum atomic E-state index is 11.6. The molecule has 1 aromatic carbocycles. The lowest BCUT2D eigenvalue weighted by Gasteiger charge is -2.17. The second-order valence-corrected chi connectivity index (χ2v) is 7.35. The van der Waals surface area contributed by atoms with Crippen LogP contribution in [-0.4, -0.2) is 21.2 Å². The van der Waals surface area contributed by atoms with Crippen molar-refractivity contribution < 1.29 is 8.42 Å². The van der Waals surface area contributed by atoms with E-state index in [1.807, 2.05) is 24.4 Å². The quantitative estimate of drug-likeness (QED) is 0.922. The molecule has 0 radical (unpaired) electrons. The Hall–Kier alpha value is -1.17. The highest BCUT2D eigenvalue weighted by Gasteiger charge is 2.16. The number of benzene rings is 1. The van der Waals surface area contributed by atoms with Crippen LogP contribution < -0.4 is 5.32 Å². The van der Waals surface area contributed by atoms with Crippen molar-refractivity contribution in [2.75, 3.05) is 12.8 Å². The summed E-state index contributed by atoms with van der Waals surface area (Å²) in [7, 11) is -3.17. The Balaban J connectivity index is 2.43. The molecule has 3 nitrogen and oxygen atoms in total. The SMILES string of the molecule is CCNC(c1cccc(S(C)(=O)=O)c1)c1cccs1. The highest BCUT2D eigenvalue weighted by molar-refractivity contribution is 7.90. The third-order valence-electron chi connectivity index (χ3n) is 2.86. The van der Waals surface area contributed by atoms with Gasteiger partial charge in [0.05, 0.1) is 10.9 Å². The smallest absolute Gasteiger partial charge is 0.175 e. The van der Waals surface area contributed by atoms with Gasteiger partial charge in [-0.2, -0.15) is 0 Å². The second-order valence-electron chi connectivity index (χ2n) is 4.35. The van der Waals surface area contributed by atoms with Crippen LogP contribution in [0.4, 0.5) is 0 Å². The van der Waals surface area contributed by atoms with Gasteiger partial charge < -0.3 is 5.32 Å². The van der Waals surface area contributed by atoms with E-state index in [-0.39, 0.29) is 6.04 Å². The molecule has 1 heterocycles. The predicted octanol–water partition coefficient (Wildman–Crippen LogP) is 2.85. The monoisotopic (exact) mass is 295 g/mol. The van der Waals surface area contributed by atoms with Crippen LogP contribution in [0.2, 0.25) is 0 Å². The number of sulfone groups is 1. The average Bonchev–Trinajstić information content (AvgIpc) is 2.88. The van der Waals surface area contributed by atoms with Crippen molar-refractivity contribution in [2.24, 2.45) is 0 Å². The third kappa shape index (κ3) is 3.43. The van der Waals surface area contributed by atoms with Gasteiger partial charge in [-0.25, -0.2) is 8.42 Å². The van der Waals surface area contributed by atoms with E-state index < -0.39 is 9.84 Å². The molecule has 1 unspecified atom stereocenters. The molecule has 0 saturated heterocycles. The van der Waals surface area contributed by atoms with Crippen LogP contribution in [0.25, 0.3) is 0 Å². The van der Waals surface area contributed by atoms with Gasteiger partial charge in [0, 0.05) is 11.1 Å². The summed E-state index contributed by atoms with van der Waals surface area (Å²) in [5, 5.41) is 5.42. The minimum absolute atomic E-state index is 0.0479. The fraction of sp³-hybridized carbons (Fsp3) is 0.286. The molecule has 0 fully saturated rings. The molecule has 0 amide bonds. The predicted molar refractivity (Wildman–Crippen MR) is 79.4 cm³/mol. The molecule has 0 spiro atoms. The van der Waals surface area contributed by atoms with Gasteiger partial charge in [-0.3, -0.25) is 0 Å². The molecule has 0 aliphatic rings. The molecule has 5 heteroatoms. The second kappa shape index (κ2) is 5.86. The minimum Gasteiger partial charge on any atom is -0.306 e. The largest absolute Gasteiger partial charge is 0.306 e. The third-order valence-corrected chi connectivity index (χ3v) is 4.90. The molecule has 1 atom stereocenters. The molecule has 0 aliphatic carbocycles. The standard InChI is InChI=1S/C14H17NO2S2/c1-3-15-14(13-8-5-9-18-13)11-6-4-7-12(10-11)19(2,16)17/h4-10,14-15H,3H2,1-2H3. The van der Waals surface area contributed by atoms with Gasteiger partial charge in [0.1, 0.15) is 0 Å². The van der Waals surface area contributed by atoms with E-state index in [1.54, 1.807) is 29.5 Å². The summed E-state index contributed by atoms with van der Waals surface area (Å²) in [6, 6.07) is 11.3. The fourth-order valence-corrected chi connectivity index (χ4v) is 3.47. The topological polar surface area (TPSA) is 46.2 Å². The zero-order valence-electron chi connectivity index (χ0n) is 11.0. The lowest BCUT2D eigenvalue weighted by molar-refractivity contribution is 0.600. The lowest BCUT2D eigenvalue weighted by atomic mass is 10.1. The van der Waals surface area contributed by atoms with Crippen molar-refractivity contribution in [3.8, 4) is 0 Å². The average molecular weight is 295 g/mol. The Morgan fingerprint density at radius 3 is 2.63 bits per heavy atom. The van der Waals surface area contributed by atoms with Crippen LogP contribution in [0, 0.1) is 0 Å². The summed E-state index contributed by atoms with van der Waals surface area (Å²) < 4.78 is 23.3. The zero-order valence-corrected chi connectivity index (χ0v) is 12.6. The van der Waals surface area contributed by atoms with Gasteiger partial charge in [0.2, 0.25) is 0 Å². The minimum atomic E-state index is -3.17. The van der Waals surface area contributed by atoms with Crippen molar-refractivity contribution in [2.45, 2.75) is 17.9 Å². The molecule has 102 valence electrons. The van der Waals surface area contributed by atoms with E-state index in [9.17, 15) is 8.42 Å². The molecular weight excluding hydrogens is 278 g/mol. The molecule has 2 rings (SSSR count). The van der Waals surface area contributed by atoms with E-state index in [0.717, 1.165) is 12.1 Å². The Morgan fingerprint density at radius 1 is 1.26 bits per heavy atom. The first-order valence-corrected chi connectivity index (χ1v) is 8.86. The Morgan fingerprint density at radius 2 is 2.05 bits per heavy atom. The fourth-order valence-electron chi connectivity index (χ4n) is 1.97. The van der Waals surface area contributed by atoms with Crippen molar-refractivity contribution in [3.05, 3.63) is 52.2 Å². The van der Waals surface area contributed by atoms with Gasteiger partial charge in [0.25, 0.3) is 0 Å². The molecule has 0 saturated carbocycles. The Bertz CT molecular complexity index is 633. The van der Waals surface area contributed by atoms with Crippen LogP contribution >= 0.6 is 11.3 Å². The summed E-state index contributed by atoms with van der Waals surface area (Å²) in [5.41, 5.74) is 0.979. The zero-order chi connectivity index (χ0) is 13.9. The highest BCUT2D eigenvalue weighted by Crippen LogP contribution is 2.27. The van der Waals surface area contributed by atoms with Crippen LogP contribution in [0.1, 0.15) is 23.4 Å². The molecule has 2 aromatic rings. The molecule has 19 heavy (non-hydrogen) atoms. The van der Waals surface area contributed by atoms with Gasteiger partial charge in [0.15, 0.2) is 9.84 Å². The summed E-state index contributed by atoms with van der Waals surface area (Å²) in [6.45, 7) is 2.87. The molecule has 1 N–H and O–H groups in total. The summed E-state index contributed by atoms with van der Waals surface area (Å²) in [5.74, 6) is 0. The number of thiophene rings is 1. The van der Waals surface area contributed by atoms with Crippen molar-refractivity contribution in [1.82, 2.24) is 5.32 Å². The van der Waals surface area contributed by atoms with E-state index >= 15 is 0 Å². The Labute approximate surface area is 118 Å². The number of rotatable bonds is 5. The van der Waals surface area contributed by atoms with Crippen LogP contribution in [0.5, 0.6) is 0 Å². The van der Waals surface area contributed by atoms with Crippen LogP contribution in [-0.2, 0) is 9.84 Å². The summed E-state index contributed by atoms with van der Waals surface area (Å²) in [4.78, 5) is 1.55. The van der Waals surface area contributed by atoms with Gasteiger partial charge in [-0.1, -0.05) is 25.1 Å². The van der Waals surface area contributed by atoms with Gasteiger partial charge >= 0.3 is 0 Å². The first-order chi connectivity index (χ1) is 9.02. The lowest BCUT2D eigenvalue weighted by Crippen LogP contribution is -2.21. The van der Waals surface area contributed by atoms with Crippen molar-refractivity contribution >= 4 is 21.2 Å². The molecule has 1 aromatic heterocycles. The number of hydrogen-bond acceptors (Lipinski definition) is 4.